The fourth-order valence-electron chi connectivity index (χ4n) is 2.97. The van der Waals surface area contributed by atoms with E-state index in [1.165, 1.54) is 11.1 Å². The minimum absolute atomic E-state index is 0.0445. The number of rotatable bonds is 4. The van der Waals surface area contributed by atoms with Crippen LogP contribution in [0.5, 0.6) is 0 Å². The summed E-state index contributed by atoms with van der Waals surface area (Å²) in [7, 11) is 0. The zero-order valence-corrected chi connectivity index (χ0v) is 18.5. The summed E-state index contributed by atoms with van der Waals surface area (Å²) in [5, 5.41) is 0. The van der Waals surface area contributed by atoms with Gasteiger partial charge < -0.3 is 9.47 Å². The van der Waals surface area contributed by atoms with Crippen LogP contribution in [0.15, 0.2) is 48.5 Å². The highest BCUT2D eigenvalue weighted by Gasteiger charge is 2.21. The molecule has 0 amide bonds. The third-order valence-electron chi connectivity index (χ3n) is 4.99. The molecule has 2 atom stereocenters. The molecule has 0 radical (unpaired) electrons. The van der Waals surface area contributed by atoms with Gasteiger partial charge in [-0.1, -0.05) is 90.1 Å². The molecule has 0 saturated heterocycles. The molecule has 2 aromatic carbocycles. The first-order valence-corrected chi connectivity index (χ1v) is 9.96. The molecule has 3 nitrogen and oxygen atoms in total. The van der Waals surface area contributed by atoms with Crippen LogP contribution in [-0.4, -0.2) is 6.16 Å². The van der Waals surface area contributed by atoms with E-state index in [4.69, 9.17) is 9.47 Å². The first-order chi connectivity index (χ1) is 12.9. The van der Waals surface area contributed by atoms with E-state index >= 15 is 0 Å². The molecule has 2 unspecified atom stereocenters. The Morgan fingerprint density at radius 2 is 1.07 bits per heavy atom. The molecule has 2 aromatic rings. The van der Waals surface area contributed by atoms with Crippen molar-refractivity contribution in [3.63, 3.8) is 0 Å². The second kappa shape index (κ2) is 8.38. The van der Waals surface area contributed by atoms with Crippen LogP contribution < -0.4 is 0 Å². The van der Waals surface area contributed by atoms with E-state index in [0.717, 1.165) is 11.1 Å². The van der Waals surface area contributed by atoms with E-state index in [2.05, 4.69) is 65.8 Å². The van der Waals surface area contributed by atoms with Gasteiger partial charge in [0.25, 0.3) is 0 Å². The lowest BCUT2D eigenvalue weighted by molar-refractivity contribution is 0.00621. The maximum absolute atomic E-state index is 12.3. The minimum atomic E-state index is -0.651. The van der Waals surface area contributed by atoms with Crippen LogP contribution in [0.25, 0.3) is 0 Å². The van der Waals surface area contributed by atoms with Crippen molar-refractivity contribution < 1.29 is 14.3 Å². The number of ether oxygens (including phenoxy) is 2. The molecular formula is C25H34O3. The Labute approximate surface area is 170 Å². The highest BCUT2D eigenvalue weighted by atomic mass is 16.7. The van der Waals surface area contributed by atoms with Gasteiger partial charge in [-0.2, -0.15) is 0 Å². The van der Waals surface area contributed by atoms with Crippen molar-refractivity contribution in [2.24, 2.45) is 0 Å². The summed E-state index contributed by atoms with van der Waals surface area (Å²) >= 11 is 0. The van der Waals surface area contributed by atoms with Gasteiger partial charge in [-0.05, 0) is 46.9 Å². The average molecular weight is 383 g/mol. The summed E-state index contributed by atoms with van der Waals surface area (Å²) in [6.07, 6.45) is -1.40. The van der Waals surface area contributed by atoms with Crippen molar-refractivity contribution >= 4 is 6.16 Å². The Hall–Kier alpha value is -2.29. The zero-order valence-electron chi connectivity index (χ0n) is 18.5. The average Bonchev–Trinajstić information content (AvgIpc) is 2.60. The summed E-state index contributed by atoms with van der Waals surface area (Å²) < 4.78 is 11.1. The van der Waals surface area contributed by atoms with E-state index in [-0.39, 0.29) is 23.0 Å². The van der Waals surface area contributed by atoms with Crippen LogP contribution in [0.4, 0.5) is 4.79 Å². The molecule has 0 aliphatic carbocycles. The number of hydrogen-bond donors (Lipinski definition) is 0. The van der Waals surface area contributed by atoms with Gasteiger partial charge >= 0.3 is 6.16 Å². The molecule has 28 heavy (non-hydrogen) atoms. The van der Waals surface area contributed by atoms with Gasteiger partial charge in [0.05, 0.1) is 0 Å². The molecule has 3 heteroatoms. The minimum Gasteiger partial charge on any atom is -0.426 e. The van der Waals surface area contributed by atoms with Gasteiger partial charge in [-0.15, -0.1) is 0 Å². The van der Waals surface area contributed by atoms with Gasteiger partial charge in [0, 0.05) is 0 Å². The highest BCUT2D eigenvalue weighted by molar-refractivity contribution is 5.61. The second-order valence-electron chi connectivity index (χ2n) is 9.52. The van der Waals surface area contributed by atoms with Gasteiger partial charge in [0.1, 0.15) is 12.2 Å². The molecule has 152 valence electrons. The predicted octanol–water partition coefficient (Wildman–Crippen LogP) is 7.26. The Kier molecular flexibility index (Phi) is 6.59. The molecule has 0 aliphatic heterocycles. The lowest BCUT2D eigenvalue weighted by Crippen LogP contribution is -2.16. The molecule has 2 rings (SSSR count). The topological polar surface area (TPSA) is 35.5 Å². The zero-order chi connectivity index (χ0) is 21.1. The van der Waals surface area contributed by atoms with Crippen LogP contribution in [0.1, 0.15) is 89.9 Å². The summed E-state index contributed by atoms with van der Waals surface area (Å²) in [5.41, 5.74) is 4.44. The summed E-state index contributed by atoms with van der Waals surface area (Å²) in [4.78, 5) is 12.3. The maximum Gasteiger partial charge on any atom is 0.509 e. The monoisotopic (exact) mass is 382 g/mol. The Morgan fingerprint density at radius 3 is 1.39 bits per heavy atom. The number of hydrogen-bond acceptors (Lipinski definition) is 3. The standard InChI is InChI=1S/C25H34O3/c1-17(19-11-9-13-21(15-19)24(3,4)5)27-23(26)28-18(2)20-12-10-14-22(16-20)25(6,7)8/h9-18H,1-8H3. The van der Waals surface area contributed by atoms with Crippen molar-refractivity contribution in [1.29, 1.82) is 0 Å². The van der Waals surface area contributed by atoms with E-state index in [9.17, 15) is 4.79 Å². The SMILES string of the molecule is CC(OC(=O)OC(C)c1cccc(C(C)(C)C)c1)c1cccc(C(C)(C)C)c1. The Morgan fingerprint density at radius 1 is 0.714 bits per heavy atom. The number of carbonyl (C=O) groups excluding carboxylic acids is 1. The van der Waals surface area contributed by atoms with Crippen molar-refractivity contribution in [3.05, 3.63) is 70.8 Å². The largest absolute Gasteiger partial charge is 0.509 e. The van der Waals surface area contributed by atoms with Crippen LogP contribution in [-0.2, 0) is 20.3 Å². The fraction of sp³-hybridized carbons (Fsp3) is 0.480. The van der Waals surface area contributed by atoms with Crippen molar-refractivity contribution in [1.82, 2.24) is 0 Å². The Bertz CT molecular complexity index is 742. The van der Waals surface area contributed by atoms with E-state index in [0.29, 0.717) is 0 Å². The summed E-state index contributed by atoms with van der Waals surface area (Å²) in [6, 6.07) is 16.3. The van der Waals surface area contributed by atoms with Crippen LogP contribution in [0, 0.1) is 0 Å². The summed E-state index contributed by atoms with van der Waals surface area (Å²) in [5.74, 6) is 0. The normalized spacial score (nSPS) is 14.3. The third-order valence-corrected chi connectivity index (χ3v) is 4.99. The van der Waals surface area contributed by atoms with Crippen LogP contribution in [0.3, 0.4) is 0 Å². The van der Waals surface area contributed by atoms with E-state index in [1.807, 2.05) is 38.1 Å². The van der Waals surface area contributed by atoms with Gasteiger partial charge in [0.15, 0.2) is 0 Å². The fourth-order valence-corrected chi connectivity index (χ4v) is 2.97. The van der Waals surface area contributed by atoms with E-state index in [1.54, 1.807) is 0 Å². The highest BCUT2D eigenvalue weighted by Crippen LogP contribution is 2.28. The second-order valence-corrected chi connectivity index (χ2v) is 9.52. The molecule has 0 aliphatic rings. The number of benzene rings is 2. The smallest absolute Gasteiger partial charge is 0.426 e. The molecule has 0 heterocycles. The third kappa shape index (κ3) is 5.85. The van der Waals surface area contributed by atoms with Crippen molar-refractivity contribution in [3.8, 4) is 0 Å². The lowest BCUT2D eigenvalue weighted by atomic mass is 9.86. The number of carbonyl (C=O) groups is 1. The summed E-state index contributed by atoms with van der Waals surface area (Å²) in [6.45, 7) is 16.7. The van der Waals surface area contributed by atoms with Gasteiger partial charge in [-0.3, -0.25) is 0 Å². The predicted molar refractivity (Wildman–Crippen MR) is 115 cm³/mol. The van der Waals surface area contributed by atoms with Crippen LogP contribution in [0.2, 0.25) is 0 Å². The van der Waals surface area contributed by atoms with E-state index < -0.39 is 6.16 Å². The molecule has 0 fully saturated rings. The van der Waals surface area contributed by atoms with Gasteiger partial charge in [-0.25, -0.2) is 4.79 Å². The van der Waals surface area contributed by atoms with Crippen molar-refractivity contribution in [2.75, 3.05) is 0 Å². The van der Waals surface area contributed by atoms with Gasteiger partial charge in [0.2, 0.25) is 0 Å². The first kappa shape index (κ1) is 22.0. The molecule has 0 aromatic heterocycles. The van der Waals surface area contributed by atoms with Crippen LogP contribution >= 0.6 is 0 Å². The molecular weight excluding hydrogens is 348 g/mol. The lowest BCUT2D eigenvalue weighted by Gasteiger charge is -2.23. The molecule has 0 N–H and O–H groups in total. The first-order valence-electron chi connectivity index (χ1n) is 9.96. The molecule has 0 saturated carbocycles. The quantitative estimate of drug-likeness (QED) is 0.522. The molecule has 0 bridgehead atoms. The molecule has 0 spiro atoms. The van der Waals surface area contributed by atoms with Crippen molar-refractivity contribution in [2.45, 2.75) is 78.4 Å². The Balaban J connectivity index is 2.04. The maximum atomic E-state index is 12.3.